The van der Waals surface area contributed by atoms with E-state index in [1.54, 1.807) is 13.0 Å². The van der Waals surface area contributed by atoms with E-state index >= 15 is 0 Å². The van der Waals surface area contributed by atoms with Gasteiger partial charge in [-0.2, -0.15) is 0 Å². The number of halogens is 2. The summed E-state index contributed by atoms with van der Waals surface area (Å²) >= 11 is 9.76. The fourth-order valence-corrected chi connectivity index (χ4v) is 4.49. The van der Waals surface area contributed by atoms with Gasteiger partial charge in [0.25, 0.3) is 10.0 Å². The number of anilines is 1. The van der Waals surface area contributed by atoms with Gasteiger partial charge in [-0.3, -0.25) is 4.72 Å². The van der Waals surface area contributed by atoms with Crippen molar-refractivity contribution in [2.75, 3.05) is 4.72 Å². The molecule has 0 fully saturated rings. The van der Waals surface area contributed by atoms with Crippen molar-refractivity contribution in [1.82, 2.24) is 0 Å². The van der Waals surface area contributed by atoms with Gasteiger partial charge in [0.15, 0.2) is 0 Å². The van der Waals surface area contributed by atoms with Crippen molar-refractivity contribution >= 4 is 60.5 Å². The van der Waals surface area contributed by atoms with E-state index in [1.165, 1.54) is 18.2 Å². The molecule has 0 saturated heterocycles. The lowest BCUT2D eigenvalue weighted by atomic mass is 10.3. The van der Waals surface area contributed by atoms with Crippen molar-refractivity contribution in [3.8, 4) is 0 Å². The van der Waals surface area contributed by atoms with Crippen LogP contribution in [0.3, 0.4) is 0 Å². The lowest BCUT2D eigenvalue weighted by Crippen LogP contribution is -2.11. The van der Waals surface area contributed by atoms with Crippen LogP contribution in [0.2, 0.25) is 5.02 Å². The van der Waals surface area contributed by atoms with Crippen LogP contribution in [0.5, 0.6) is 0 Å². The SMILES string of the molecule is Cc1cc(S(=O)(=O)Nc2ccc(Cl)c(Br)c2)sc1C(=O)O. The molecule has 0 aliphatic rings. The Bertz CT molecular complexity index is 817. The summed E-state index contributed by atoms with van der Waals surface area (Å²) in [5.41, 5.74) is 0.736. The number of sulfonamides is 1. The van der Waals surface area contributed by atoms with E-state index in [1.807, 2.05) is 0 Å². The number of thiophene rings is 1. The van der Waals surface area contributed by atoms with Gasteiger partial charge in [-0.05, 0) is 52.7 Å². The molecular weight excluding hydrogens is 402 g/mol. The molecule has 0 radical (unpaired) electrons. The average Bonchev–Trinajstić information content (AvgIpc) is 2.77. The minimum Gasteiger partial charge on any atom is -0.477 e. The van der Waals surface area contributed by atoms with Crippen molar-refractivity contribution in [3.63, 3.8) is 0 Å². The van der Waals surface area contributed by atoms with E-state index in [2.05, 4.69) is 20.7 Å². The number of aryl methyl sites for hydroxylation is 1. The molecule has 2 rings (SSSR count). The van der Waals surface area contributed by atoms with Gasteiger partial charge in [0, 0.05) is 4.47 Å². The van der Waals surface area contributed by atoms with Crippen LogP contribution in [-0.4, -0.2) is 19.5 Å². The molecule has 9 heteroatoms. The molecule has 0 amide bonds. The average molecular weight is 411 g/mol. The molecule has 2 aromatic rings. The molecule has 21 heavy (non-hydrogen) atoms. The lowest BCUT2D eigenvalue weighted by Gasteiger charge is -2.07. The predicted molar refractivity (Wildman–Crippen MR) is 86.0 cm³/mol. The minimum atomic E-state index is -3.84. The number of hydrogen-bond donors (Lipinski definition) is 2. The number of carboxylic acid groups (broad SMARTS) is 1. The first-order chi connectivity index (χ1) is 9.70. The first-order valence-corrected chi connectivity index (χ1v) is 8.99. The Kier molecular flexibility index (Phi) is 4.62. The van der Waals surface area contributed by atoms with Gasteiger partial charge in [0.2, 0.25) is 0 Å². The molecule has 0 unspecified atom stereocenters. The van der Waals surface area contributed by atoms with Crippen LogP contribution in [0.25, 0.3) is 0 Å². The van der Waals surface area contributed by atoms with Crippen LogP contribution in [0.4, 0.5) is 5.69 Å². The topological polar surface area (TPSA) is 83.5 Å². The van der Waals surface area contributed by atoms with Crippen LogP contribution in [0, 0.1) is 6.92 Å². The maximum absolute atomic E-state index is 12.2. The predicted octanol–water partition coefficient (Wildman–Crippen LogP) is 3.97. The fraction of sp³-hybridized carbons (Fsp3) is 0.0833. The highest BCUT2D eigenvalue weighted by Gasteiger charge is 2.22. The van der Waals surface area contributed by atoms with Crippen LogP contribution in [-0.2, 0) is 10.0 Å². The third kappa shape index (κ3) is 3.57. The van der Waals surface area contributed by atoms with Gasteiger partial charge < -0.3 is 5.11 Å². The van der Waals surface area contributed by atoms with Gasteiger partial charge in [-0.1, -0.05) is 11.6 Å². The van der Waals surface area contributed by atoms with E-state index in [0.29, 0.717) is 32.1 Å². The summed E-state index contributed by atoms with van der Waals surface area (Å²) in [6, 6.07) is 5.93. The Morgan fingerprint density at radius 2 is 2.05 bits per heavy atom. The van der Waals surface area contributed by atoms with Crippen molar-refractivity contribution in [3.05, 3.63) is 44.2 Å². The monoisotopic (exact) mass is 409 g/mol. The largest absolute Gasteiger partial charge is 0.477 e. The zero-order valence-corrected chi connectivity index (χ0v) is 14.5. The second-order valence-electron chi connectivity index (χ2n) is 4.12. The Morgan fingerprint density at radius 3 is 2.57 bits per heavy atom. The molecule has 0 atom stereocenters. The molecule has 112 valence electrons. The van der Waals surface area contributed by atoms with Gasteiger partial charge in [0.05, 0.1) is 10.7 Å². The molecule has 1 aromatic heterocycles. The summed E-state index contributed by atoms with van der Waals surface area (Å²) in [5.74, 6) is -1.15. The van der Waals surface area contributed by atoms with E-state index in [4.69, 9.17) is 16.7 Å². The van der Waals surface area contributed by atoms with Crippen molar-refractivity contribution in [2.45, 2.75) is 11.1 Å². The summed E-state index contributed by atoms with van der Waals surface area (Å²) in [4.78, 5) is 11.0. The Balaban J connectivity index is 2.36. The number of carbonyl (C=O) groups is 1. The third-order valence-electron chi connectivity index (χ3n) is 2.53. The summed E-state index contributed by atoms with van der Waals surface area (Å²) < 4.78 is 27.4. The molecule has 0 bridgehead atoms. The number of nitrogens with one attached hydrogen (secondary N) is 1. The van der Waals surface area contributed by atoms with Gasteiger partial charge in [-0.15, -0.1) is 11.3 Å². The molecule has 2 N–H and O–H groups in total. The van der Waals surface area contributed by atoms with Gasteiger partial charge in [-0.25, -0.2) is 13.2 Å². The van der Waals surface area contributed by atoms with Crippen LogP contribution < -0.4 is 4.72 Å². The number of carboxylic acids is 1. The van der Waals surface area contributed by atoms with Crippen molar-refractivity contribution in [1.29, 1.82) is 0 Å². The van der Waals surface area contributed by atoms with E-state index in [9.17, 15) is 13.2 Å². The zero-order chi connectivity index (χ0) is 15.8. The first-order valence-electron chi connectivity index (χ1n) is 5.52. The highest BCUT2D eigenvalue weighted by Crippen LogP contribution is 2.30. The third-order valence-corrected chi connectivity index (χ3v) is 6.82. The quantitative estimate of drug-likeness (QED) is 0.799. The standard InChI is InChI=1S/C12H9BrClNO4S2/c1-6-4-10(20-11(6)12(16)17)21(18,19)15-7-2-3-9(14)8(13)5-7/h2-5,15H,1H3,(H,16,17). The number of benzene rings is 1. The van der Waals surface area contributed by atoms with Crippen LogP contribution in [0.15, 0.2) is 32.9 Å². The summed E-state index contributed by atoms with van der Waals surface area (Å²) in [6.07, 6.45) is 0. The fourth-order valence-electron chi connectivity index (χ4n) is 1.56. The smallest absolute Gasteiger partial charge is 0.346 e. The van der Waals surface area contributed by atoms with Crippen molar-refractivity contribution in [2.24, 2.45) is 0 Å². The number of rotatable bonds is 4. The molecule has 0 saturated carbocycles. The lowest BCUT2D eigenvalue weighted by molar-refractivity contribution is 0.0701. The molecule has 0 aliphatic heterocycles. The number of aromatic carboxylic acids is 1. The molecule has 0 aliphatic carbocycles. The molecular formula is C12H9BrClNO4S2. The highest BCUT2D eigenvalue weighted by atomic mass is 79.9. The highest BCUT2D eigenvalue weighted by molar-refractivity contribution is 9.10. The van der Waals surface area contributed by atoms with E-state index < -0.39 is 16.0 Å². The van der Waals surface area contributed by atoms with E-state index in [-0.39, 0.29) is 9.09 Å². The maximum Gasteiger partial charge on any atom is 0.346 e. The van der Waals surface area contributed by atoms with Gasteiger partial charge >= 0.3 is 5.97 Å². The summed E-state index contributed by atoms with van der Waals surface area (Å²) in [7, 11) is -3.84. The molecule has 5 nitrogen and oxygen atoms in total. The second kappa shape index (κ2) is 5.96. The number of hydrogen-bond acceptors (Lipinski definition) is 4. The Hall–Kier alpha value is -1.09. The molecule has 1 heterocycles. The van der Waals surface area contributed by atoms with E-state index in [0.717, 1.165) is 0 Å². The van der Waals surface area contributed by atoms with Gasteiger partial charge in [0.1, 0.15) is 9.09 Å². The Morgan fingerprint density at radius 1 is 1.38 bits per heavy atom. The van der Waals surface area contributed by atoms with Crippen LogP contribution in [0.1, 0.15) is 15.2 Å². The van der Waals surface area contributed by atoms with Crippen molar-refractivity contribution < 1.29 is 18.3 Å². The minimum absolute atomic E-state index is 0.00709. The zero-order valence-electron chi connectivity index (χ0n) is 10.6. The molecule has 1 aromatic carbocycles. The molecule has 0 spiro atoms. The normalized spacial score (nSPS) is 11.4. The van der Waals surface area contributed by atoms with Crippen LogP contribution >= 0.6 is 38.9 Å². The summed E-state index contributed by atoms with van der Waals surface area (Å²) in [5, 5.41) is 9.43. The maximum atomic E-state index is 12.2. The first kappa shape index (κ1) is 16.3. The Labute approximate surface area is 138 Å². The summed E-state index contributed by atoms with van der Waals surface area (Å²) in [6.45, 7) is 1.55. The second-order valence-corrected chi connectivity index (χ2v) is 8.34.